The third-order valence-corrected chi connectivity index (χ3v) is 5.24. The minimum Gasteiger partial charge on any atom is -0.503 e. The molecule has 32 heavy (non-hydrogen) atoms. The molecular formula is C23H21F4NO4. The topological polar surface area (TPSA) is 79.5 Å². The lowest BCUT2D eigenvalue weighted by molar-refractivity contribution is -0.139. The summed E-state index contributed by atoms with van der Waals surface area (Å²) in [5.74, 6) is -10.1. The fraction of sp³-hybridized carbons (Fsp3) is 0.304. The van der Waals surface area contributed by atoms with Crippen LogP contribution in [0.3, 0.4) is 0 Å². The van der Waals surface area contributed by atoms with E-state index in [-0.39, 0.29) is 28.8 Å². The first kappa shape index (κ1) is 23.3. The monoisotopic (exact) mass is 451 g/mol. The van der Waals surface area contributed by atoms with Gasteiger partial charge in [-0.2, -0.15) is 0 Å². The molecule has 0 unspecified atom stereocenters. The second-order valence-electron chi connectivity index (χ2n) is 8.84. The Bertz CT molecular complexity index is 1260. The molecule has 0 radical (unpaired) electrons. The number of rotatable bonds is 4. The number of carboxylic acids is 1. The molecule has 0 aliphatic carbocycles. The van der Waals surface area contributed by atoms with Crippen LogP contribution in [0.4, 0.5) is 17.6 Å². The third-order valence-electron chi connectivity index (χ3n) is 5.24. The normalized spacial score (nSPS) is 12.9. The lowest BCUT2D eigenvalue weighted by Gasteiger charge is -2.24. The van der Waals surface area contributed by atoms with E-state index in [1.165, 1.54) is 6.92 Å². The molecule has 170 valence electrons. The molecule has 0 saturated heterocycles. The molecule has 0 fully saturated rings. The quantitative estimate of drug-likeness (QED) is 0.513. The number of carbonyl (C=O) groups is 2. The van der Waals surface area contributed by atoms with Crippen LogP contribution in [0.1, 0.15) is 54.7 Å². The Kier molecular flexibility index (Phi) is 5.80. The van der Waals surface area contributed by atoms with Gasteiger partial charge in [0.05, 0.1) is 11.4 Å². The summed E-state index contributed by atoms with van der Waals surface area (Å²) >= 11 is 0. The van der Waals surface area contributed by atoms with E-state index in [0.29, 0.717) is 12.1 Å². The van der Waals surface area contributed by atoms with Crippen LogP contribution in [0.5, 0.6) is 5.75 Å². The summed E-state index contributed by atoms with van der Waals surface area (Å²) in [5, 5.41) is 19.3. The lowest BCUT2D eigenvalue weighted by atomic mass is 9.80. The maximum absolute atomic E-state index is 15.0. The van der Waals surface area contributed by atoms with Crippen molar-refractivity contribution in [3.63, 3.8) is 0 Å². The van der Waals surface area contributed by atoms with E-state index in [1.807, 2.05) is 0 Å². The average Bonchev–Trinajstić information content (AvgIpc) is 2.96. The highest BCUT2D eigenvalue weighted by molar-refractivity contribution is 6.05. The van der Waals surface area contributed by atoms with Crippen LogP contribution in [-0.4, -0.2) is 26.7 Å². The zero-order valence-electron chi connectivity index (χ0n) is 17.8. The standard InChI is InChI=1S/C23H21F4NO4/c1-10-17(12(22(31)32)9-23(2,3)4)18-16(8-15(26)20(29)19(18)27)28(10)21(30)11-5-6-13(24)14(25)7-11/h5-8,12,29H,9H2,1-4H3,(H,31,32)/t12-/m0/s1. The van der Waals surface area contributed by atoms with Crippen LogP contribution in [0.25, 0.3) is 10.9 Å². The number of halogens is 4. The van der Waals surface area contributed by atoms with Gasteiger partial charge in [0.15, 0.2) is 29.0 Å². The van der Waals surface area contributed by atoms with Gasteiger partial charge in [0.1, 0.15) is 0 Å². The molecule has 1 atom stereocenters. The number of nitrogens with zero attached hydrogens (tertiary/aromatic N) is 1. The maximum Gasteiger partial charge on any atom is 0.311 e. The van der Waals surface area contributed by atoms with Gasteiger partial charge in [0, 0.05) is 22.7 Å². The number of carbonyl (C=O) groups excluding carboxylic acids is 1. The van der Waals surface area contributed by atoms with E-state index in [9.17, 15) is 33.0 Å². The zero-order valence-corrected chi connectivity index (χ0v) is 17.8. The van der Waals surface area contributed by atoms with Gasteiger partial charge >= 0.3 is 5.97 Å². The predicted octanol–water partition coefficient (Wildman–Crippen LogP) is 5.50. The second-order valence-corrected chi connectivity index (χ2v) is 8.84. The highest BCUT2D eigenvalue weighted by Gasteiger charge is 2.35. The largest absolute Gasteiger partial charge is 0.503 e. The van der Waals surface area contributed by atoms with Gasteiger partial charge in [0.25, 0.3) is 5.91 Å². The smallest absolute Gasteiger partial charge is 0.311 e. The van der Waals surface area contributed by atoms with Crippen molar-refractivity contribution in [2.75, 3.05) is 0 Å². The lowest BCUT2D eigenvalue weighted by Crippen LogP contribution is -2.21. The molecule has 0 amide bonds. The molecule has 1 aromatic heterocycles. The molecule has 3 rings (SSSR count). The molecule has 2 N–H and O–H groups in total. The summed E-state index contributed by atoms with van der Waals surface area (Å²) in [5.41, 5.74) is -1.29. The van der Waals surface area contributed by atoms with E-state index >= 15 is 4.39 Å². The summed E-state index contributed by atoms with van der Waals surface area (Å²) < 4.78 is 57.1. The molecule has 0 saturated carbocycles. The van der Waals surface area contributed by atoms with Gasteiger partial charge in [-0.05, 0) is 42.5 Å². The summed E-state index contributed by atoms with van der Waals surface area (Å²) in [4.78, 5) is 25.3. The first-order chi connectivity index (χ1) is 14.7. The van der Waals surface area contributed by atoms with Gasteiger partial charge in [-0.1, -0.05) is 20.8 Å². The van der Waals surface area contributed by atoms with Crippen LogP contribution < -0.4 is 0 Å². The van der Waals surface area contributed by atoms with Gasteiger partial charge in [-0.25, -0.2) is 17.6 Å². The van der Waals surface area contributed by atoms with Crippen molar-refractivity contribution in [3.05, 3.63) is 64.4 Å². The number of hydrogen-bond acceptors (Lipinski definition) is 3. The Hall–Kier alpha value is -3.36. The Morgan fingerprint density at radius 1 is 1.03 bits per heavy atom. The van der Waals surface area contributed by atoms with Crippen LogP contribution in [-0.2, 0) is 4.79 Å². The van der Waals surface area contributed by atoms with E-state index in [0.717, 1.165) is 16.7 Å². The highest BCUT2D eigenvalue weighted by Crippen LogP contribution is 2.42. The van der Waals surface area contributed by atoms with Crippen molar-refractivity contribution in [2.45, 2.75) is 40.0 Å². The molecule has 2 aromatic carbocycles. The van der Waals surface area contributed by atoms with E-state index in [1.54, 1.807) is 20.8 Å². The molecular weight excluding hydrogens is 430 g/mol. The van der Waals surface area contributed by atoms with E-state index in [4.69, 9.17) is 0 Å². The van der Waals surface area contributed by atoms with Crippen LogP contribution in [0.2, 0.25) is 0 Å². The highest BCUT2D eigenvalue weighted by atomic mass is 19.2. The molecule has 1 heterocycles. The van der Waals surface area contributed by atoms with Gasteiger partial charge in [0.2, 0.25) is 0 Å². The Balaban J connectivity index is 2.40. The molecule has 3 aromatic rings. The van der Waals surface area contributed by atoms with Crippen molar-refractivity contribution < 1.29 is 37.4 Å². The molecule has 0 bridgehead atoms. The van der Waals surface area contributed by atoms with Gasteiger partial charge < -0.3 is 10.2 Å². The number of carboxylic acid groups (broad SMARTS) is 1. The zero-order chi connectivity index (χ0) is 24.1. The van der Waals surface area contributed by atoms with E-state index in [2.05, 4.69) is 0 Å². The fourth-order valence-corrected chi connectivity index (χ4v) is 3.88. The maximum atomic E-state index is 15.0. The third kappa shape index (κ3) is 3.94. The number of aliphatic carboxylic acids is 1. The SMILES string of the molecule is Cc1c([C@H](CC(C)(C)C)C(=O)O)c2c(F)c(O)c(F)cc2n1C(=O)c1ccc(F)c(F)c1. The fourth-order valence-electron chi connectivity index (χ4n) is 3.88. The minimum atomic E-state index is -1.41. The number of aromatic nitrogens is 1. The van der Waals surface area contributed by atoms with Crippen molar-refractivity contribution >= 4 is 22.8 Å². The summed E-state index contributed by atoms with van der Waals surface area (Å²) in [7, 11) is 0. The summed E-state index contributed by atoms with van der Waals surface area (Å²) in [6.45, 7) is 6.67. The summed E-state index contributed by atoms with van der Waals surface area (Å²) in [6, 6.07) is 3.08. The Morgan fingerprint density at radius 2 is 1.66 bits per heavy atom. The number of fused-ring (bicyclic) bond motifs is 1. The van der Waals surface area contributed by atoms with Gasteiger partial charge in [-0.3, -0.25) is 14.2 Å². The van der Waals surface area contributed by atoms with Gasteiger partial charge in [-0.15, -0.1) is 0 Å². The molecule has 9 heteroatoms. The van der Waals surface area contributed by atoms with E-state index < -0.39 is 57.6 Å². The summed E-state index contributed by atoms with van der Waals surface area (Å²) in [6.07, 6.45) is 0.0409. The Morgan fingerprint density at radius 3 is 2.19 bits per heavy atom. The first-order valence-corrected chi connectivity index (χ1v) is 9.69. The molecule has 5 nitrogen and oxygen atoms in total. The molecule has 0 spiro atoms. The van der Waals surface area contributed by atoms with Crippen molar-refractivity contribution in [3.8, 4) is 5.75 Å². The Labute approximate surface area is 180 Å². The van der Waals surface area contributed by atoms with Crippen LogP contribution in [0.15, 0.2) is 24.3 Å². The second kappa shape index (κ2) is 7.96. The molecule has 0 aliphatic heterocycles. The average molecular weight is 451 g/mol. The molecule has 0 aliphatic rings. The van der Waals surface area contributed by atoms with Crippen molar-refractivity contribution in [2.24, 2.45) is 5.41 Å². The van der Waals surface area contributed by atoms with Crippen molar-refractivity contribution in [1.82, 2.24) is 4.57 Å². The predicted molar refractivity (Wildman–Crippen MR) is 109 cm³/mol. The number of benzene rings is 2. The minimum absolute atomic E-state index is 0.0183. The number of phenols is 1. The number of phenolic OH excluding ortho intramolecular Hbond substituents is 1. The van der Waals surface area contributed by atoms with Crippen LogP contribution in [0, 0.1) is 35.6 Å². The van der Waals surface area contributed by atoms with Crippen LogP contribution >= 0.6 is 0 Å². The number of hydrogen-bond donors (Lipinski definition) is 2. The number of aromatic hydroxyl groups is 1. The first-order valence-electron chi connectivity index (χ1n) is 9.69. The van der Waals surface area contributed by atoms with Crippen molar-refractivity contribution in [1.29, 1.82) is 0 Å².